The van der Waals surface area contributed by atoms with Crippen LogP contribution in [0, 0.1) is 6.61 Å². The number of ether oxygens (including phenoxy) is 1. The zero-order valence-corrected chi connectivity index (χ0v) is 21.1. The van der Waals surface area contributed by atoms with Gasteiger partial charge in [-0.05, 0) is 38.5 Å². The Morgan fingerprint density at radius 1 is 0.400 bits per heavy atom. The summed E-state index contributed by atoms with van der Waals surface area (Å²) >= 11 is 0. The second kappa shape index (κ2) is 28.7. The van der Waals surface area contributed by atoms with E-state index in [4.69, 9.17) is 4.74 Å². The molecule has 0 aliphatic rings. The van der Waals surface area contributed by atoms with E-state index in [2.05, 4.69) is 32.6 Å². The fourth-order valence-electron chi connectivity index (χ4n) is 3.96. The number of unbranched alkanes of at least 4 members (excludes halogenated alkanes) is 20. The van der Waals surface area contributed by atoms with Crippen LogP contribution >= 0.6 is 0 Å². The topological polar surface area (TPSA) is 9.23 Å². The van der Waals surface area contributed by atoms with Gasteiger partial charge in [0.2, 0.25) is 0 Å². The highest BCUT2D eigenvalue weighted by Crippen LogP contribution is 2.12. The lowest BCUT2D eigenvalue weighted by molar-refractivity contribution is 0.183. The van der Waals surface area contributed by atoms with Gasteiger partial charge in [0.05, 0.1) is 6.61 Å². The molecule has 0 saturated carbocycles. The number of rotatable bonds is 26. The minimum Gasteiger partial charge on any atom is -0.376 e. The highest BCUT2D eigenvalue weighted by Gasteiger charge is 1.95. The molecule has 0 bridgehead atoms. The van der Waals surface area contributed by atoms with Gasteiger partial charge in [-0.3, -0.25) is 0 Å². The predicted molar refractivity (Wildman–Crippen MR) is 137 cm³/mol. The second-order valence-corrected chi connectivity index (χ2v) is 9.24. The summed E-state index contributed by atoms with van der Waals surface area (Å²) in [6.07, 6.45) is 36.3. The van der Waals surface area contributed by atoms with Crippen LogP contribution in [-0.4, -0.2) is 6.61 Å². The van der Waals surface area contributed by atoms with Crippen LogP contribution < -0.4 is 0 Å². The zero-order chi connectivity index (χ0) is 21.8. The molecular weight excluding hydrogens is 364 g/mol. The molecule has 0 atom stereocenters. The summed E-state index contributed by atoms with van der Waals surface area (Å²) in [6.45, 7) is 7.57. The van der Waals surface area contributed by atoms with Gasteiger partial charge in [0.25, 0.3) is 0 Å². The molecule has 179 valence electrons. The lowest BCUT2D eigenvalue weighted by Crippen LogP contribution is -1.92. The highest BCUT2D eigenvalue weighted by atomic mass is 16.5. The smallest absolute Gasteiger partial charge is 0.0836 e. The molecule has 0 rings (SSSR count). The Morgan fingerprint density at radius 2 is 0.767 bits per heavy atom. The van der Waals surface area contributed by atoms with Crippen LogP contribution in [0.15, 0.2) is 12.2 Å². The first-order chi connectivity index (χ1) is 14.9. The van der Waals surface area contributed by atoms with Crippen molar-refractivity contribution in [1.29, 1.82) is 0 Å². The normalized spacial score (nSPS) is 11.7. The van der Waals surface area contributed by atoms with Crippen molar-refractivity contribution in [3.63, 3.8) is 0 Å². The molecule has 0 fully saturated rings. The fourth-order valence-corrected chi connectivity index (χ4v) is 3.96. The molecule has 0 heterocycles. The first-order valence-corrected chi connectivity index (χ1v) is 14.0. The van der Waals surface area contributed by atoms with Crippen molar-refractivity contribution in [2.45, 2.75) is 162 Å². The number of allylic oxidation sites excluding steroid dienone is 2. The molecule has 0 saturated heterocycles. The monoisotopic (exact) mass is 421 g/mol. The van der Waals surface area contributed by atoms with Gasteiger partial charge in [-0.15, -0.1) is 0 Å². The van der Waals surface area contributed by atoms with Crippen molar-refractivity contribution >= 4 is 0 Å². The van der Waals surface area contributed by atoms with Crippen LogP contribution in [0.2, 0.25) is 0 Å². The van der Waals surface area contributed by atoms with Crippen molar-refractivity contribution in [3.05, 3.63) is 18.8 Å². The van der Waals surface area contributed by atoms with Crippen LogP contribution in [0.4, 0.5) is 0 Å². The molecule has 0 aromatic heterocycles. The maximum absolute atomic E-state index is 5.68. The first-order valence-electron chi connectivity index (χ1n) is 14.0. The summed E-state index contributed by atoms with van der Waals surface area (Å²) < 4.78 is 5.68. The number of hydrogen-bond donors (Lipinski definition) is 0. The summed E-state index contributed by atoms with van der Waals surface area (Å²) in [5, 5.41) is 0. The van der Waals surface area contributed by atoms with E-state index in [1.165, 1.54) is 141 Å². The summed E-state index contributed by atoms with van der Waals surface area (Å²) in [5.74, 6) is 0. The van der Waals surface area contributed by atoms with Crippen molar-refractivity contribution in [1.82, 2.24) is 0 Å². The summed E-state index contributed by atoms with van der Waals surface area (Å²) in [4.78, 5) is 0. The van der Waals surface area contributed by atoms with E-state index in [0.29, 0.717) is 0 Å². The Hall–Kier alpha value is -0.300. The predicted octanol–water partition coefficient (Wildman–Crippen LogP) is 10.7. The molecule has 0 aliphatic carbocycles. The van der Waals surface area contributed by atoms with E-state index in [9.17, 15) is 0 Å². The van der Waals surface area contributed by atoms with Crippen LogP contribution in [0.3, 0.4) is 0 Å². The molecule has 0 aliphatic heterocycles. The molecule has 1 radical (unpaired) electrons. The average Bonchev–Trinajstić information content (AvgIpc) is 2.76. The van der Waals surface area contributed by atoms with E-state index in [1.807, 2.05) is 0 Å². The lowest BCUT2D eigenvalue weighted by atomic mass is 10.1. The highest BCUT2D eigenvalue weighted by molar-refractivity contribution is 4.81. The molecule has 0 amide bonds. The van der Waals surface area contributed by atoms with Gasteiger partial charge >= 0.3 is 0 Å². The van der Waals surface area contributed by atoms with Gasteiger partial charge in [0.1, 0.15) is 0 Å². The lowest BCUT2D eigenvalue weighted by Gasteiger charge is -2.04. The van der Waals surface area contributed by atoms with Crippen LogP contribution in [0.1, 0.15) is 162 Å². The molecule has 30 heavy (non-hydrogen) atoms. The van der Waals surface area contributed by atoms with Gasteiger partial charge in [-0.2, -0.15) is 0 Å². The maximum atomic E-state index is 5.68. The van der Waals surface area contributed by atoms with E-state index < -0.39 is 0 Å². The standard InChI is InChI=1S/C29H57O/c1-3-5-7-9-11-13-14-15-16-17-18-19-21-23-25-27-29-30-28-26-24-22-20-12-10-8-6-4-2/h15-16,28H,3-14,17-27,29H2,1-2H3/b16-15-. The van der Waals surface area contributed by atoms with Crippen molar-refractivity contribution < 1.29 is 4.74 Å². The van der Waals surface area contributed by atoms with E-state index in [1.54, 1.807) is 0 Å². The fraction of sp³-hybridized carbons (Fsp3) is 0.897. The third-order valence-corrected chi connectivity index (χ3v) is 6.07. The van der Waals surface area contributed by atoms with E-state index in [-0.39, 0.29) is 0 Å². The Bertz CT molecular complexity index is 309. The quantitative estimate of drug-likeness (QED) is 0.0996. The Kier molecular flexibility index (Phi) is 28.4. The van der Waals surface area contributed by atoms with Gasteiger partial charge < -0.3 is 4.74 Å². The van der Waals surface area contributed by atoms with Crippen LogP contribution in [0.5, 0.6) is 0 Å². The Balaban J connectivity index is 3.04. The molecule has 0 aromatic carbocycles. The minimum absolute atomic E-state index is 0.929. The van der Waals surface area contributed by atoms with E-state index in [0.717, 1.165) is 13.0 Å². The average molecular weight is 422 g/mol. The number of hydrogen-bond acceptors (Lipinski definition) is 1. The minimum atomic E-state index is 0.929. The Morgan fingerprint density at radius 3 is 1.23 bits per heavy atom. The molecule has 0 spiro atoms. The van der Waals surface area contributed by atoms with Gasteiger partial charge in [-0.25, -0.2) is 0 Å². The molecular formula is C29H57O. The summed E-state index contributed by atoms with van der Waals surface area (Å²) in [5.41, 5.74) is 0. The van der Waals surface area contributed by atoms with E-state index >= 15 is 0 Å². The van der Waals surface area contributed by atoms with Crippen LogP contribution in [0.25, 0.3) is 0 Å². The van der Waals surface area contributed by atoms with Gasteiger partial charge in [0.15, 0.2) is 0 Å². The first kappa shape index (κ1) is 29.7. The molecule has 0 N–H and O–H groups in total. The molecule has 1 nitrogen and oxygen atoms in total. The Labute approximate surface area is 191 Å². The maximum Gasteiger partial charge on any atom is 0.0836 e. The molecule has 0 unspecified atom stereocenters. The third-order valence-electron chi connectivity index (χ3n) is 6.07. The second-order valence-electron chi connectivity index (χ2n) is 9.24. The third kappa shape index (κ3) is 27.7. The van der Waals surface area contributed by atoms with Crippen molar-refractivity contribution in [3.8, 4) is 0 Å². The van der Waals surface area contributed by atoms with Crippen molar-refractivity contribution in [2.75, 3.05) is 6.61 Å². The largest absolute Gasteiger partial charge is 0.376 e. The SMILES string of the molecule is CCCCCCCC/C=C\CCCCCCCCO[CH]CCCCCCCCCC. The van der Waals surface area contributed by atoms with Crippen LogP contribution in [-0.2, 0) is 4.74 Å². The summed E-state index contributed by atoms with van der Waals surface area (Å²) in [7, 11) is 0. The summed E-state index contributed by atoms with van der Waals surface area (Å²) in [6, 6.07) is 0. The van der Waals surface area contributed by atoms with Gasteiger partial charge in [-0.1, -0.05) is 135 Å². The molecule has 1 heteroatoms. The van der Waals surface area contributed by atoms with Crippen molar-refractivity contribution in [2.24, 2.45) is 0 Å². The zero-order valence-electron chi connectivity index (χ0n) is 21.1. The van der Waals surface area contributed by atoms with Gasteiger partial charge in [0, 0.05) is 6.61 Å². The molecule has 0 aromatic rings.